The van der Waals surface area contributed by atoms with Gasteiger partial charge in [0.1, 0.15) is 23.1 Å². The zero-order valence-electron chi connectivity index (χ0n) is 34.2. The van der Waals surface area contributed by atoms with Crippen molar-refractivity contribution in [1.29, 1.82) is 5.26 Å². The molecular formula is C46H49N7O6. The van der Waals surface area contributed by atoms with Crippen LogP contribution in [0.1, 0.15) is 54.9 Å². The molecule has 0 atom stereocenters. The minimum atomic E-state index is -0.707. The molecule has 1 saturated carbocycles. The van der Waals surface area contributed by atoms with E-state index in [4.69, 9.17) is 24.0 Å². The number of amides is 1. The smallest absolute Gasteiger partial charge is 0.306 e. The number of aromatic nitrogens is 3. The van der Waals surface area contributed by atoms with Crippen molar-refractivity contribution in [2.75, 3.05) is 47.4 Å². The summed E-state index contributed by atoms with van der Waals surface area (Å²) in [4.78, 5) is 34.7. The number of hydrogen-bond acceptors (Lipinski definition) is 10. The Kier molecular flexibility index (Phi) is 11.1. The second kappa shape index (κ2) is 16.6. The van der Waals surface area contributed by atoms with Gasteiger partial charge in [-0.25, -0.2) is 9.67 Å². The van der Waals surface area contributed by atoms with Crippen molar-refractivity contribution in [3.05, 3.63) is 89.1 Å². The number of piperazine rings is 1. The van der Waals surface area contributed by atoms with Crippen LogP contribution in [0, 0.1) is 24.2 Å². The second-order valence-corrected chi connectivity index (χ2v) is 15.8. The van der Waals surface area contributed by atoms with Gasteiger partial charge in [-0.1, -0.05) is 24.3 Å². The first-order valence-electron chi connectivity index (χ1n) is 20.1. The molecule has 0 radical (unpaired) electrons. The highest BCUT2D eigenvalue weighted by Crippen LogP contribution is 2.39. The lowest BCUT2D eigenvalue weighted by atomic mass is 9.85. The number of benzene rings is 4. The normalized spacial score (nSPS) is 17.4. The molecule has 4 aromatic carbocycles. The monoisotopic (exact) mass is 795 g/mol. The summed E-state index contributed by atoms with van der Waals surface area (Å²) in [7, 11) is 5.39. The van der Waals surface area contributed by atoms with E-state index < -0.39 is 5.97 Å². The number of carboxylic acid groups (broad SMARTS) is 1. The number of nitriles is 1. The fourth-order valence-electron chi connectivity index (χ4n) is 8.90. The number of fused-ring (bicyclic) bond motifs is 2. The summed E-state index contributed by atoms with van der Waals surface area (Å²) >= 11 is 0. The molecule has 6 aromatic rings. The number of carboxylic acids is 1. The van der Waals surface area contributed by atoms with E-state index in [1.807, 2.05) is 64.3 Å². The molecule has 0 unspecified atom stereocenters. The molecule has 304 valence electrons. The number of ether oxygens (including phenoxy) is 2. The van der Waals surface area contributed by atoms with Crippen molar-refractivity contribution < 1.29 is 28.6 Å². The minimum absolute atomic E-state index is 0.102. The maximum absolute atomic E-state index is 11.9. The molecule has 1 aliphatic carbocycles. The van der Waals surface area contributed by atoms with Crippen LogP contribution in [-0.4, -0.2) is 99.9 Å². The van der Waals surface area contributed by atoms with Crippen LogP contribution < -0.4 is 9.47 Å². The van der Waals surface area contributed by atoms with Crippen LogP contribution in [0.3, 0.4) is 0 Å². The second-order valence-electron chi connectivity index (χ2n) is 15.8. The lowest BCUT2D eigenvalue weighted by Gasteiger charge is -2.34. The average molecular weight is 796 g/mol. The Bertz CT molecular complexity index is 2570. The highest BCUT2D eigenvalue weighted by Gasteiger charge is 2.29. The molecule has 0 spiro atoms. The Hall–Kier alpha value is -6.23. The summed E-state index contributed by atoms with van der Waals surface area (Å²) in [6.07, 6.45) is 4.90. The highest BCUT2D eigenvalue weighted by molar-refractivity contribution is 5.97. The van der Waals surface area contributed by atoms with Crippen LogP contribution in [0.15, 0.2) is 71.3 Å². The van der Waals surface area contributed by atoms with E-state index >= 15 is 0 Å². The van der Waals surface area contributed by atoms with Crippen molar-refractivity contribution in [2.24, 2.45) is 5.92 Å². The predicted octanol–water partition coefficient (Wildman–Crippen LogP) is 7.44. The van der Waals surface area contributed by atoms with Gasteiger partial charge < -0.3 is 23.9 Å². The van der Waals surface area contributed by atoms with Gasteiger partial charge in [0.2, 0.25) is 11.8 Å². The number of rotatable bonds is 11. The quantitative estimate of drug-likeness (QED) is 0.139. The Labute approximate surface area is 343 Å². The van der Waals surface area contributed by atoms with Crippen LogP contribution in [0.4, 0.5) is 0 Å². The van der Waals surface area contributed by atoms with Gasteiger partial charge in [-0.2, -0.15) is 10.4 Å². The van der Waals surface area contributed by atoms with E-state index in [1.165, 1.54) is 0 Å². The molecule has 1 saturated heterocycles. The first kappa shape index (κ1) is 39.6. The lowest BCUT2D eigenvalue weighted by Crippen LogP contribution is -2.47. The van der Waals surface area contributed by atoms with Gasteiger partial charge in [0, 0.05) is 75.3 Å². The largest absolute Gasteiger partial charge is 0.496 e. The standard InChI is InChI=1S/C46H49N7O6/c1-28-35(8-6-9-36(28)45-49-40-21-30(20-32(24-47)44(40)59-45)26-50(3)33-14-12-31(13-15-33)46(55)56)37-10-7-11-41-38(37)25-48-53(41)34-22-42(57-4)39(43(23-34)58-5)27-51-16-18-52(19-17-51)29(2)54/h6-11,20-23,25,31,33H,12-19,26-27H2,1-5H3,(H,55,56). The first-order chi connectivity index (χ1) is 28.6. The molecule has 1 N–H and O–H groups in total. The Morgan fingerprint density at radius 1 is 0.949 bits per heavy atom. The summed E-state index contributed by atoms with van der Waals surface area (Å²) in [5.74, 6) is 0.976. The van der Waals surface area contributed by atoms with E-state index in [-0.39, 0.29) is 17.9 Å². The molecule has 2 aliphatic rings. The summed E-state index contributed by atoms with van der Waals surface area (Å²) in [6.45, 7) is 7.85. The van der Waals surface area contributed by atoms with Crippen LogP contribution in [0.25, 0.3) is 50.3 Å². The molecule has 1 aliphatic heterocycles. The van der Waals surface area contributed by atoms with Crippen LogP contribution in [0.2, 0.25) is 0 Å². The fraction of sp³-hybridized carbons (Fsp3) is 0.370. The third-order valence-electron chi connectivity index (χ3n) is 12.3. The predicted molar refractivity (Wildman–Crippen MR) is 224 cm³/mol. The van der Waals surface area contributed by atoms with Crippen molar-refractivity contribution in [2.45, 2.75) is 58.7 Å². The summed E-state index contributed by atoms with van der Waals surface area (Å²) in [5, 5.41) is 25.4. The molecule has 2 aromatic heterocycles. The number of methoxy groups -OCH3 is 2. The maximum atomic E-state index is 11.9. The van der Waals surface area contributed by atoms with E-state index in [0.29, 0.717) is 73.1 Å². The number of carbonyl (C=O) groups is 2. The van der Waals surface area contributed by atoms with E-state index in [2.05, 4.69) is 42.0 Å². The zero-order valence-corrected chi connectivity index (χ0v) is 34.2. The summed E-state index contributed by atoms with van der Waals surface area (Å²) in [6, 6.07) is 22.7. The number of nitrogens with zero attached hydrogens (tertiary/aromatic N) is 7. The molecule has 59 heavy (non-hydrogen) atoms. The topological polar surface area (TPSA) is 150 Å². The Balaban J connectivity index is 1.07. The number of aliphatic carboxylic acids is 1. The molecule has 8 rings (SSSR count). The van der Waals surface area contributed by atoms with Crippen molar-refractivity contribution >= 4 is 33.9 Å². The molecule has 0 bridgehead atoms. The minimum Gasteiger partial charge on any atom is -0.496 e. The molecule has 13 heteroatoms. The van der Waals surface area contributed by atoms with Gasteiger partial charge in [-0.05, 0) is 86.2 Å². The fourth-order valence-corrected chi connectivity index (χ4v) is 8.90. The number of hydrogen-bond donors (Lipinski definition) is 1. The molecule has 3 heterocycles. The Morgan fingerprint density at radius 2 is 1.63 bits per heavy atom. The molecular weight excluding hydrogens is 747 g/mol. The van der Waals surface area contributed by atoms with Crippen LogP contribution in [-0.2, 0) is 22.7 Å². The zero-order chi connectivity index (χ0) is 41.4. The van der Waals surface area contributed by atoms with Gasteiger partial charge >= 0.3 is 5.97 Å². The summed E-state index contributed by atoms with van der Waals surface area (Å²) < 4.78 is 20.1. The van der Waals surface area contributed by atoms with Gasteiger partial charge in [0.05, 0.1) is 48.7 Å². The van der Waals surface area contributed by atoms with E-state index in [0.717, 1.165) is 75.9 Å². The third-order valence-corrected chi connectivity index (χ3v) is 12.3. The molecule has 13 nitrogen and oxygen atoms in total. The lowest BCUT2D eigenvalue weighted by molar-refractivity contribution is -0.143. The molecule has 1 amide bonds. The summed E-state index contributed by atoms with van der Waals surface area (Å²) in [5.41, 5.74) is 8.94. The van der Waals surface area contributed by atoms with Gasteiger partial charge in [-0.3, -0.25) is 19.4 Å². The van der Waals surface area contributed by atoms with Gasteiger partial charge in [0.25, 0.3) is 0 Å². The molecule has 2 fully saturated rings. The van der Waals surface area contributed by atoms with Crippen molar-refractivity contribution in [3.8, 4) is 45.8 Å². The van der Waals surface area contributed by atoms with Crippen LogP contribution >= 0.6 is 0 Å². The number of oxazole rings is 1. The van der Waals surface area contributed by atoms with Gasteiger partial charge in [0.15, 0.2) is 5.58 Å². The average Bonchev–Trinajstić information content (AvgIpc) is 3.89. The third kappa shape index (κ3) is 7.73. The van der Waals surface area contributed by atoms with Gasteiger partial charge in [-0.15, -0.1) is 0 Å². The van der Waals surface area contributed by atoms with E-state index in [9.17, 15) is 20.0 Å². The first-order valence-corrected chi connectivity index (χ1v) is 20.1. The maximum Gasteiger partial charge on any atom is 0.306 e. The van der Waals surface area contributed by atoms with Crippen molar-refractivity contribution in [3.63, 3.8) is 0 Å². The van der Waals surface area contributed by atoms with E-state index in [1.54, 1.807) is 21.1 Å². The van der Waals surface area contributed by atoms with Crippen LogP contribution in [0.5, 0.6) is 11.5 Å². The van der Waals surface area contributed by atoms with Crippen molar-refractivity contribution in [1.82, 2.24) is 29.5 Å². The Morgan fingerprint density at radius 3 is 2.29 bits per heavy atom. The SMILES string of the molecule is COc1cc(-n2ncc3c(-c4cccc(-c5nc6cc(CN(C)C7CCC(C(=O)O)CC7)cc(C#N)c6o5)c4C)cccc32)cc(OC)c1CN1CCN(C(C)=O)CC1. The highest BCUT2D eigenvalue weighted by atomic mass is 16.5. The number of carbonyl (C=O) groups excluding carboxylic acids is 1.